The highest BCUT2D eigenvalue weighted by molar-refractivity contribution is 7.90. The molecule has 21 heavy (non-hydrogen) atoms. The van der Waals surface area contributed by atoms with Gasteiger partial charge in [0, 0.05) is 31.7 Å². The highest BCUT2D eigenvalue weighted by atomic mass is 32.2. The van der Waals surface area contributed by atoms with Crippen LogP contribution in [0.4, 0.5) is 0 Å². The van der Waals surface area contributed by atoms with E-state index in [2.05, 4.69) is 15.5 Å². The third-order valence-electron chi connectivity index (χ3n) is 3.35. The molecule has 1 atom stereocenters. The van der Waals surface area contributed by atoms with Crippen LogP contribution in [0.15, 0.2) is 34.1 Å². The molecule has 0 aliphatic heterocycles. The molecular weight excluding hydrogens is 290 g/mol. The standard InChI is InChI=1S/C13H13N5O2S/c1-17-7-10(13-14-15-16-18(13)2)12(19)9-5-4-8(21(3)20)6-11(9)17/h4-7H,1-3H3. The third-order valence-corrected chi connectivity index (χ3v) is 4.27. The second kappa shape index (κ2) is 4.97. The van der Waals surface area contributed by atoms with Crippen molar-refractivity contribution in [2.24, 2.45) is 14.1 Å². The van der Waals surface area contributed by atoms with E-state index in [-0.39, 0.29) is 5.43 Å². The summed E-state index contributed by atoms with van der Waals surface area (Å²) in [6.07, 6.45) is 3.30. The molecule has 0 bridgehead atoms. The van der Waals surface area contributed by atoms with Crippen LogP contribution in [0.2, 0.25) is 0 Å². The van der Waals surface area contributed by atoms with Gasteiger partial charge in [-0.25, -0.2) is 4.68 Å². The Kier molecular flexibility index (Phi) is 3.26. The van der Waals surface area contributed by atoms with Crippen molar-refractivity contribution in [3.8, 4) is 11.4 Å². The molecule has 8 heteroatoms. The van der Waals surface area contributed by atoms with Gasteiger partial charge in [0.05, 0.1) is 11.1 Å². The Morgan fingerprint density at radius 1 is 1.29 bits per heavy atom. The van der Waals surface area contributed by atoms with E-state index in [1.807, 2.05) is 11.6 Å². The van der Waals surface area contributed by atoms with Crippen molar-refractivity contribution in [2.75, 3.05) is 6.26 Å². The Morgan fingerprint density at radius 2 is 2.05 bits per heavy atom. The molecule has 0 saturated carbocycles. The van der Waals surface area contributed by atoms with E-state index in [4.69, 9.17) is 0 Å². The molecule has 0 saturated heterocycles. The molecule has 0 fully saturated rings. The van der Waals surface area contributed by atoms with Gasteiger partial charge in [-0.05, 0) is 33.7 Å². The van der Waals surface area contributed by atoms with E-state index in [9.17, 15) is 9.35 Å². The van der Waals surface area contributed by atoms with Crippen molar-refractivity contribution < 1.29 is 4.55 Å². The minimum atomic E-state index is -1.09. The number of hydrogen-bond acceptors (Lipinski definition) is 5. The zero-order valence-electron chi connectivity index (χ0n) is 11.8. The van der Waals surface area contributed by atoms with Gasteiger partial charge in [-0.15, -0.1) is 5.10 Å². The fourth-order valence-corrected chi connectivity index (χ4v) is 2.80. The first-order valence-electron chi connectivity index (χ1n) is 6.18. The molecule has 1 aromatic carbocycles. The van der Waals surface area contributed by atoms with Crippen molar-refractivity contribution in [1.82, 2.24) is 24.8 Å². The lowest BCUT2D eigenvalue weighted by Gasteiger charge is -2.10. The van der Waals surface area contributed by atoms with Crippen LogP contribution in [0, 0.1) is 0 Å². The zero-order chi connectivity index (χ0) is 15.1. The van der Waals surface area contributed by atoms with Crippen LogP contribution in [-0.2, 0) is 25.3 Å². The van der Waals surface area contributed by atoms with Crippen LogP contribution in [0.3, 0.4) is 0 Å². The molecule has 7 nitrogen and oxygen atoms in total. The summed E-state index contributed by atoms with van der Waals surface area (Å²) < 4.78 is 14.9. The van der Waals surface area contributed by atoms with Gasteiger partial charge >= 0.3 is 0 Å². The van der Waals surface area contributed by atoms with Gasteiger partial charge in [0.25, 0.3) is 0 Å². The summed E-state index contributed by atoms with van der Waals surface area (Å²) in [5, 5.41) is 11.7. The number of hydrogen-bond donors (Lipinski definition) is 0. The summed E-state index contributed by atoms with van der Waals surface area (Å²) in [5.74, 6) is 0.417. The maximum atomic E-state index is 12.6. The monoisotopic (exact) mass is 303 g/mol. The second-order valence-corrected chi connectivity index (χ2v) is 6.12. The molecule has 0 spiro atoms. The van der Waals surface area contributed by atoms with Gasteiger partial charge in [0.2, 0.25) is 0 Å². The molecule has 1 unspecified atom stereocenters. The maximum absolute atomic E-state index is 12.6. The maximum Gasteiger partial charge on any atom is 0.200 e. The topological polar surface area (TPSA) is 88.7 Å². The molecule has 2 heterocycles. The van der Waals surface area contributed by atoms with Crippen molar-refractivity contribution in [3.05, 3.63) is 34.6 Å². The molecule has 0 aliphatic carbocycles. The van der Waals surface area contributed by atoms with Gasteiger partial charge < -0.3 is 9.12 Å². The number of benzene rings is 1. The largest absolute Gasteiger partial charge is 0.612 e. The summed E-state index contributed by atoms with van der Waals surface area (Å²) in [7, 11) is 3.51. The van der Waals surface area contributed by atoms with Gasteiger partial charge in [-0.2, -0.15) is 0 Å². The summed E-state index contributed by atoms with van der Waals surface area (Å²) in [4.78, 5) is 13.3. The smallest absolute Gasteiger partial charge is 0.200 e. The Morgan fingerprint density at radius 3 is 2.67 bits per heavy atom. The van der Waals surface area contributed by atoms with Gasteiger partial charge in [-0.1, -0.05) is 0 Å². The summed E-state index contributed by atoms with van der Waals surface area (Å²) in [5.41, 5.74) is 1.02. The van der Waals surface area contributed by atoms with E-state index in [0.717, 1.165) is 5.52 Å². The fraction of sp³-hybridized carbons (Fsp3) is 0.231. The van der Waals surface area contributed by atoms with Gasteiger partial charge in [-0.3, -0.25) is 4.79 Å². The summed E-state index contributed by atoms with van der Waals surface area (Å²) in [6.45, 7) is 0. The minimum Gasteiger partial charge on any atom is -0.612 e. The lowest BCUT2D eigenvalue weighted by atomic mass is 10.1. The first kappa shape index (κ1) is 13.8. The number of aryl methyl sites for hydroxylation is 2. The number of nitrogens with zero attached hydrogens (tertiary/aromatic N) is 5. The van der Waals surface area contributed by atoms with E-state index in [1.54, 1.807) is 37.7 Å². The summed E-state index contributed by atoms with van der Waals surface area (Å²) >= 11 is -1.09. The number of pyridine rings is 1. The average Bonchev–Trinajstić information content (AvgIpc) is 2.88. The zero-order valence-corrected chi connectivity index (χ0v) is 12.6. The molecule has 3 rings (SSSR count). The Bertz CT molecular complexity index is 884. The van der Waals surface area contributed by atoms with E-state index in [1.165, 1.54) is 4.68 Å². The minimum absolute atomic E-state index is 0.144. The van der Waals surface area contributed by atoms with Gasteiger partial charge in [0.1, 0.15) is 6.26 Å². The molecule has 108 valence electrons. The SMILES string of the molecule is Cn1nnnc1-c1cn(C)c2cc([S+](C)[O-])ccc2c1=O. The number of tetrazole rings is 1. The Labute approximate surface area is 123 Å². The van der Waals surface area contributed by atoms with Crippen LogP contribution < -0.4 is 5.43 Å². The molecule has 0 aliphatic rings. The molecule has 3 aromatic rings. The third kappa shape index (κ3) is 2.22. The lowest BCUT2D eigenvalue weighted by molar-refractivity contribution is 0.601. The van der Waals surface area contributed by atoms with E-state index in [0.29, 0.717) is 21.7 Å². The van der Waals surface area contributed by atoms with Crippen molar-refractivity contribution in [1.29, 1.82) is 0 Å². The normalized spacial score (nSPS) is 12.8. The first-order valence-corrected chi connectivity index (χ1v) is 7.74. The second-order valence-electron chi connectivity index (χ2n) is 4.74. The fourth-order valence-electron chi connectivity index (χ4n) is 2.26. The average molecular weight is 303 g/mol. The predicted molar refractivity (Wildman–Crippen MR) is 79.3 cm³/mol. The Hall–Kier alpha value is -2.19. The number of rotatable bonds is 2. The Balaban J connectivity index is 2.33. The van der Waals surface area contributed by atoms with Gasteiger partial charge in [0.15, 0.2) is 16.1 Å². The molecule has 0 radical (unpaired) electrons. The van der Waals surface area contributed by atoms with Crippen molar-refractivity contribution in [3.63, 3.8) is 0 Å². The molecular formula is C13H13N5O2S. The highest BCUT2D eigenvalue weighted by Crippen LogP contribution is 2.20. The van der Waals surface area contributed by atoms with Crippen LogP contribution in [0.1, 0.15) is 0 Å². The molecule has 2 aromatic heterocycles. The van der Waals surface area contributed by atoms with Crippen LogP contribution in [0.5, 0.6) is 0 Å². The number of aromatic nitrogens is 5. The van der Waals surface area contributed by atoms with Crippen molar-refractivity contribution in [2.45, 2.75) is 4.90 Å². The number of fused-ring (bicyclic) bond motifs is 1. The van der Waals surface area contributed by atoms with Crippen molar-refractivity contribution >= 4 is 22.1 Å². The molecule has 0 amide bonds. The van der Waals surface area contributed by atoms with E-state index < -0.39 is 11.2 Å². The predicted octanol–water partition coefficient (Wildman–Crippen LogP) is 0.466. The van der Waals surface area contributed by atoms with Crippen LogP contribution in [-0.4, -0.2) is 35.6 Å². The van der Waals surface area contributed by atoms with Crippen LogP contribution in [0.25, 0.3) is 22.3 Å². The summed E-state index contributed by atoms with van der Waals surface area (Å²) in [6, 6.07) is 5.17. The lowest BCUT2D eigenvalue weighted by Crippen LogP contribution is -2.13. The quantitative estimate of drug-likeness (QED) is 0.642. The van der Waals surface area contributed by atoms with Crippen LogP contribution >= 0.6 is 0 Å². The van der Waals surface area contributed by atoms with E-state index >= 15 is 0 Å². The first-order chi connectivity index (χ1) is 9.99. The molecule has 0 N–H and O–H groups in total. The highest BCUT2D eigenvalue weighted by Gasteiger charge is 2.16.